The van der Waals surface area contributed by atoms with Gasteiger partial charge in [0.1, 0.15) is 5.56 Å². The van der Waals surface area contributed by atoms with Crippen LogP contribution in [0.5, 0.6) is 0 Å². The monoisotopic (exact) mass is 316 g/mol. The number of rotatable bonds is 4. The summed E-state index contributed by atoms with van der Waals surface area (Å²) < 4.78 is 26.6. The molecule has 21 heavy (non-hydrogen) atoms. The van der Waals surface area contributed by atoms with Crippen LogP contribution in [0.25, 0.3) is 0 Å². The maximum absolute atomic E-state index is 12.6. The second-order valence-electron chi connectivity index (χ2n) is 5.17. The Morgan fingerprint density at radius 2 is 2.14 bits per heavy atom. The predicted molar refractivity (Wildman–Crippen MR) is 75.8 cm³/mol. The first-order valence-electron chi connectivity index (χ1n) is 6.81. The highest BCUT2D eigenvalue weighted by Gasteiger charge is 2.36. The third kappa shape index (κ3) is 2.81. The van der Waals surface area contributed by atoms with E-state index in [4.69, 9.17) is 0 Å². The molecule has 0 aliphatic carbocycles. The minimum atomic E-state index is -3.90. The zero-order valence-electron chi connectivity index (χ0n) is 12.3. The molecule has 1 saturated heterocycles. The third-order valence-electron chi connectivity index (χ3n) is 3.85. The van der Waals surface area contributed by atoms with Gasteiger partial charge in [0.25, 0.3) is 10.0 Å². The molecular weight excluding hydrogens is 296 g/mol. The highest BCUT2D eigenvalue weighted by molar-refractivity contribution is 7.89. The van der Waals surface area contributed by atoms with E-state index >= 15 is 0 Å². The lowest BCUT2D eigenvalue weighted by molar-refractivity contribution is 0.0691. The number of aromatic carboxylic acids is 1. The molecule has 1 aromatic heterocycles. The van der Waals surface area contributed by atoms with E-state index in [1.807, 2.05) is 13.8 Å². The van der Waals surface area contributed by atoms with Crippen LogP contribution in [0.1, 0.15) is 29.9 Å². The molecule has 1 atom stereocenters. The Labute approximate surface area is 123 Å². The van der Waals surface area contributed by atoms with Gasteiger partial charge in [0, 0.05) is 31.4 Å². The van der Waals surface area contributed by atoms with Crippen molar-refractivity contribution in [3.8, 4) is 0 Å². The molecule has 1 aromatic rings. The normalized spacial score (nSPS) is 21.6. The molecule has 2 rings (SSSR count). The van der Waals surface area contributed by atoms with E-state index in [0.29, 0.717) is 19.6 Å². The topological polar surface area (TPSA) is 107 Å². The van der Waals surface area contributed by atoms with Crippen LogP contribution < -0.4 is 0 Å². The molecule has 0 spiro atoms. The first kappa shape index (κ1) is 15.9. The molecular formula is C12H20N4O4S. The average Bonchev–Trinajstić information content (AvgIpc) is 2.81. The van der Waals surface area contributed by atoms with Gasteiger partial charge in [-0.15, -0.1) is 0 Å². The molecule has 9 heteroatoms. The van der Waals surface area contributed by atoms with Crippen molar-refractivity contribution in [2.45, 2.75) is 31.8 Å². The minimum Gasteiger partial charge on any atom is -0.478 e. The molecule has 2 N–H and O–H groups in total. The van der Waals surface area contributed by atoms with Crippen LogP contribution in [0.15, 0.2) is 5.03 Å². The third-order valence-corrected chi connectivity index (χ3v) is 5.64. The number of piperazine rings is 1. The van der Waals surface area contributed by atoms with Gasteiger partial charge in [0.05, 0.1) is 0 Å². The van der Waals surface area contributed by atoms with Gasteiger partial charge in [-0.2, -0.15) is 9.40 Å². The maximum Gasteiger partial charge on any atom is 0.340 e. The molecule has 0 radical (unpaired) electrons. The van der Waals surface area contributed by atoms with Crippen molar-refractivity contribution >= 4 is 16.0 Å². The fourth-order valence-corrected chi connectivity index (χ4v) is 4.26. The first-order chi connectivity index (χ1) is 9.78. The van der Waals surface area contributed by atoms with Crippen LogP contribution in [-0.4, -0.2) is 71.1 Å². The smallest absolute Gasteiger partial charge is 0.340 e. The number of carboxylic acids is 1. The number of aromatic amines is 1. The van der Waals surface area contributed by atoms with E-state index in [-0.39, 0.29) is 17.3 Å². The minimum absolute atomic E-state index is 0.0897. The first-order valence-corrected chi connectivity index (χ1v) is 8.25. The Hall–Kier alpha value is -1.45. The van der Waals surface area contributed by atoms with Crippen LogP contribution in [0, 0.1) is 6.92 Å². The maximum atomic E-state index is 12.6. The number of hydrogen-bond acceptors (Lipinski definition) is 5. The van der Waals surface area contributed by atoms with Gasteiger partial charge in [-0.3, -0.25) is 10.00 Å². The van der Waals surface area contributed by atoms with Crippen molar-refractivity contribution in [1.82, 2.24) is 19.4 Å². The molecule has 0 saturated carbocycles. The number of aryl methyl sites for hydroxylation is 1. The molecule has 1 unspecified atom stereocenters. The molecule has 118 valence electrons. The van der Waals surface area contributed by atoms with Gasteiger partial charge < -0.3 is 5.11 Å². The van der Waals surface area contributed by atoms with Crippen LogP contribution in [0.3, 0.4) is 0 Å². The zero-order chi connectivity index (χ0) is 15.8. The molecule has 2 heterocycles. The molecule has 0 amide bonds. The van der Waals surface area contributed by atoms with E-state index in [9.17, 15) is 18.3 Å². The lowest BCUT2D eigenvalue weighted by Gasteiger charge is -2.38. The van der Waals surface area contributed by atoms with Gasteiger partial charge in [0.15, 0.2) is 0 Å². The van der Waals surface area contributed by atoms with Crippen LogP contribution in [0.2, 0.25) is 0 Å². The van der Waals surface area contributed by atoms with Crippen molar-refractivity contribution in [2.24, 2.45) is 0 Å². The number of nitrogens with zero attached hydrogens (tertiary/aromatic N) is 3. The molecule has 0 bridgehead atoms. The number of carbonyl (C=O) groups is 1. The number of hydrogen-bond donors (Lipinski definition) is 2. The highest BCUT2D eigenvalue weighted by atomic mass is 32.2. The van der Waals surface area contributed by atoms with E-state index in [2.05, 4.69) is 15.1 Å². The zero-order valence-corrected chi connectivity index (χ0v) is 13.1. The van der Waals surface area contributed by atoms with Gasteiger partial charge in [-0.1, -0.05) is 6.92 Å². The van der Waals surface area contributed by atoms with E-state index in [0.717, 1.165) is 6.54 Å². The van der Waals surface area contributed by atoms with Gasteiger partial charge >= 0.3 is 5.97 Å². The number of sulfonamides is 1. The Balaban J connectivity index is 2.34. The summed E-state index contributed by atoms with van der Waals surface area (Å²) in [7, 11) is -3.90. The van der Waals surface area contributed by atoms with Crippen molar-refractivity contribution in [3.63, 3.8) is 0 Å². The Bertz CT molecular complexity index is 640. The summed E-state index contributed by atoms with van der Waals surface area (Å²) in [5.74, 6) is -1.29. The van der Waals surface area contributed by atoms with Gasteiger partial charge in [0.2, 0.25) is 5.03 Å². The summed E-state index contributed by atoms with van der Waals surface area (Å²) in [5.41, 5.74) is -0.0399. The number of aromatic nitrogens is 2. The quantitative estimate of drug-likeness (QED) is 0.818. The molecule has 0 aromatic carbocycles. The standard InChI is InChI=1S/C12H20N4O4S/c1-4-15-5-6-16(7-8(15)2)21(19,20)11-10(12(17)18)9(3)13-14-11/h8H,4-7H2,1-3H3,(H,13,14)(H,17,18). The lowest BCUT2D eigenvalue weighted by atomic mass is 10.2. The van der Waals surface area contributed by atoms with Gasteiger partial charge in [-0.25, -0.2) is 13.2 Å². The van der Waals surface area contributed by atoms with E-state index in [1.165, 1.54) is 11.2 Å². The summed E-state index contributed by atoms with van der Waals surface area (Å²) in [6, 6.07) is 0.0897. The van der Waals surface area contributed by atoms with Crippen LogP contribution in [0.4, 0.5) is 0 Å². The predicted octanol–water partition coefficient (Wildman–Crippen LogP) is 0.131. The largest absolute Gasteiger partial charge is 0.478 e. The summed E-state index contributed by atoms with van der Waals surface area (Å²) in [5, 5.41) is 14.9. The van der Waals surface area contributed by atoms with Crippen molar-refractivity contribution in [1.29, 1.82) is 0 Å². The van der Waals surface area contributed by atoms with E-state index in [1.54, 1.807) is 0 Å². The number of nitrogens with one attached hydrogen (secondary N) is 1. The Morgan fingerprint density at radius 3 is 2.67 bits per heavy atom. The summed E-state index contributed by atoms with van der Waals surface area (Å²) >= 11 is 0. The van der Waals surface area contributed by atoms with Crippen LogP contribution >= 0.6 is 0 Å². The van der Waals surface area contributed by atoms with Crippen molar-refractivity contribution in [3.05, 3.63) is 11.3 Å². The van der Waals surface area contributed by atoms with Gasteiger partial charge in [-0.05, 0) is 20.4 Å². The van der Waals surface area contributed by atoms with Crippen LogP contribution in [-0.2, 0) is 10.0 Å². The summed E-state index contributed by atoms with van der Waals surface area (Å²) in [4.78, 5) is 13.4. The van der Waals surface area contributed by atoms with Crippen molar-refractivity contribution < 1.29 is 18.3 Å². The highest BCUT2D eigenvalue weighted by Crippen LogP contribution is 2.23. The number of carboxylic acid groups (broad SMARTS) is 1. The summed E-state index contributed by atoms with van der Waals surface area (Å²) in [6.45, 7) is 7.64. The Kier molecular flexibility index (Phi) is 4.35. The lowest BCUT2D eigenvalue weighted by Crippen LogP contribution is -2.53. The SMILES string of the molecule is CCN1CCN(S(=O)(=O)c2n[nH]c(C)c2C(=O)O)CC1C. The average molecular weight is 316 g/mol. The second kappa shape index (κ2) is 5.74. The number of H-pyrrole nitrogens is 1. The molecule has 1 aliphatic rings. The van der Waals surface area contributed by atoms with Crippen molar-refractivity contribution in [2.75, 3.05) is 26.2 Å². The fourth-order valence-electron chi connectivity index (χ4n) is 2.62. The fraction of sp³-hybridized carbons (Fsp3) is 0.667. The molecule has 1 fully saturated rings. The number of likely N-dealkylation sites (N-methyl/N-ethyl adjacent to an activating group) is 1. The second-order valence-corrected chi connectivity index (χ2v) is 7.03. The Morgan fingerprint density at radius 1 is 1.48 bits per heavy atom. The van der Waals surface area contributed by atoms with E-state index < -0.39 is 21.0 Å². The molecule has 8 nitrogen and oxygen atoms in total. The summed E-state index contributed by atoms with van der Waals surface area (Å²) in [6.07, 6.45) is 0. The molecule has 1 aliphatic heterocycles.